The normalized spacial score (nSPS) is 14.4. The zero-order valence-corrected chi connectivity index (χ0v) is 17.8. The van der Waals surface area contributed by atoms with Crippen LogP contribution in [-0.4, -0.2) is 76.4 Å². The SMILES string of the molecule is CCN(CC)C(=O)COC(=O)c1cc(S(=O)(=O)N(C)C)ccc1N1CCCC1. The Balaban J connectivity index is 2.32. The third kappa shape index (κ3) is 4.82. The number of rotatable bonds is 8. The smallest absolute Gasteiger partial charge is 0.340 e. The summed E-state index contributed by atoms with van der Waals surface area (Å²) >= 11 is 0. The summed E-state index contributed by atoms with van der Waals surface area (Å²) in [5, 5.41) is 0. The van der Waals surface area contributed by atoms with E-state index in [1.807, 2.05) is 18.7 Å². The van der Waals surface area contributed by atoms with E-state index in [1.54, 1.807) is 11.0 Å². The summed E-state index contributed by atoms with van der Waals surface area (Å²) in [5.41, 5.74) is 0.799. The van der Waals surface area contributed by atoms with Gasteiger partial charge >= 0.3 is 5.97 Å². The average molecular weight is 412 g/mol. The first-order chi connectivity index (χ1) is 13.2. The minimum Gasteiger partial charge on any atom is -0.452 e. The molecule has 28 heavy (non-hydrogen) atoms. The van der Waals surface area contributed by atoms with E-state index in [4.69, 9.17) is 4.74 Å². The maximum atomic E-state index is 12.7. The quantitative estimate of drug-likeness (QED) is 0.604. The Labute approximate surface area is 167 Å². The van der Waals surface area contributed by atoms with Crippen molar-refractivity contribution in [2.75, 3.05) is 51.8 Å². The highest BCUT2D eigenvalue weighted by Crippen LogP contribution is 2.28. The van der Waals surface area contributed by atoms with Gasteiger partial charge in [-0.05, 0) is 44.9 Å². The summed E-state index contributed by atoms with van der Waals surface area (Å²) < 4.78 is 31.3. The van der Waals surface area contributed by atoms with Crippen LogP contribution in [0.2, 0.25) is 0 Å². The van der Waals surface area contributed by atoms with Crippen molar-refractivity contribution in [3.63, 3.8) is 0 Å². The molecule has 0 radical (unpaired) electrons. The molecule has 0 atom stereocenters. The number of sulfonamides is 1. The first-order valence-electron chi connectivity index (χ1n) is 9.48. The number of carbonyl (C=O) groups excluding carboxylic acids is 2. The third-order valence-corrected chi connectivity index (χ3v) is 6.67. The van der Waals surface area contributed by atoms with Gasteiger partial charge < -0.3 is 14.5 Å². The van der Waals surface area contributed by atoms with E-state index in [2.05, 4.69) is 0 Å². The van der Waals surface area contributed by atoms with Crippen molar-refractivity contribution in [2.24, 2.45) is 0 Å². The molecular weight excluding hydrogens is 382 g/mol. The molecule has 0 spiro atoms. The summed E-state index contributed by atoms with van der Waals surface area (Å²) in [6.45, 7) is 5.97. The highest BCUT2D eigenvalue weighted by molar-refractivity contribution is 7.89. The zero-order valence-electron chi connectivity index (χ0n) is 17.0. The number of hydrogen-bond donors (Lipinski definition) is 0. The van der Waals surface area contributed by atoms with Crippen LogP contribution < -0.4 is 4.90 Å². The maximum Gasteiger partial charge on any atom is 0.340 e. The Morgan fingerprint density at radius 3 is 2.25 bits per heavy atom. The molecule has 1 aromatic carbocycles. The fraction of sp³-hybridized carbons (Fsp3) is 0.579. The van der Waals surface area contributed by atoms with E-state index >= 15 is 0 Å². The van der Waals surface area contributed by atoms with Crippen LogP contribution in [0.1, 0.15) is 37.0 Å². The molecule has 1 aliphatic heterocycles. The number of carbonyl (C=O) groups is 2. The standard InChI is InChI=1S/C19H29N3O5S/c1-5-21(6-2)18(23)14-27-19(24)16-13-15(28(25,26)20(3)4)9-10-17(16)22-11-7-8-12-22/h9-10,13H,5-8,11-12,14H2,1-4H3. The van der Waals surface area contributed by atoms with Gasteiger partial charge in [-0.15, -0.1) is 0 Å². The number of anilines is 1. The van der Waals surface area contributed by atoms with Gasteiger partial charge in [-0.1, -0.05) is 0 Å². The molecular formula is C19H29N3O5S. The van der Waals surface area contributed by atoms with Crippen molar-refractivity contribution < 1.29 is 22.7 Å². The molecule has 2 rings (SSSR count). The van der Waals surface area contributed by atoms with Gasteiger partial charge in [0.25, 0.3) is 5.91 Å². The Hall–Kier alpha value is -2.13. The lowest BCUT2D eigenvalue weighted by Gasteiger charge is -2.22. The molecule has 0 aromatic heterocycles. The van der Waals surface area contributed by atoms with E-state index in [9.17, 15) is 18.0 Å². The summed E-state index contributed by atoms with van der Waals surface area (Å²) in [5.74, 6) is -0.976. The molecule has 9 heteroatoms. The molecule has 156 valence electrons. The number of likely N-dealkylation sites (N-methyl/N-ethyl adjacent to an activating group) is 1. The van der Waals surface area contributed by atoms with Crippen LogP contribution in [0.25, 0.3) is 0 Å². The number of nitrogens with zero attached hydrogens (tertiary/aromatic N) is 3. The Morgan fingerprint density at radius 1 is 1.11 bits per heavy atom. The van der Waals surface area contributed by atoms with Gasteiger partial charge in [0, 0.05) is 40.3 Å². The monoisotopic (exact) mass is 411 g/mol. The second-order valence-corrected chi connectivity index (χ2v) is 8.95. The van der Waals surface area contributed by atoms with Gasteiger partial charge in [0.15, 0.2) is 6.61 Å². The van der Waals surface area contributed by atoms with Crippen LogP contribution in [0, 0.1) is 0 Å². The molecule has 0 saturated carbocycles. The molecule has 1 saturated heterocycles. The summed E-state index contributed by atoms with van der Waals surface area (Å²) in [6.07, 6.45) is 2.01. The first-order valence-corrected chi connectivity index (χ1v) is 10.9. The predicted octanol–water partition coefficient (Wildman–Crippen LogP) is 1.56. The molecule has 1 heterocycles. The third-order valence-electron chi connectivity index (χ3n) is 4.86. The average Bonchev–Trinajstić information content (AvgIpc) is 3.21. The second kappa shape index (κ2) is 9.38. The molecule has 1 aliphatic rings. The molecule has 0 unspecified atom stereocenters. The van der Waals surface area contributed by atoms with Gasteiger partial charge in [0.1, 0.15) is 0 Å². The van der Waals surface area contributed by atoms with Crippen LogP contribution in [0.4, 0.5) is 5.69 Å². The lowest BCUT2D eigenvalue weighted by atomic mass is 10.1. The number of esters is 1. The predicted molar refractivity (Wildman–Crippen MR) is 107 cm³/mol. The van der Waals surface area contributed by atoms with Gasteiger partial charge in [-0.3, -0.25) is 4.79 Å². The van der Waals surface area contributed by atoms with Gasteiger partial charge in [0.2, 0.25) is 10.0 Å². The fourth-order valence-electron chi connectivity index (χ4n) is 3.16. The highest BCUT2D eigenvalue weighted by Gasteiger charge is 2.26. The molecule has 0 N–H and O–H groups in total. The van der Waals surface area contributed by atoms with Crippen molar-refractivity contribution >= 4 is 27.6 Å². The lowest BCUT2D eigenvalue weighted by molar-refractivity contribution is -0.134. The molecule has 1 amide bonds. The maximum absolute atomic E-state index is 12.7. The van der Waals surface area contributed by atoms with Crippen molar-refractivity contribution in [3.05, 3.63) is 23.8 Å². The van der Waals surface area contributed by atoms with Crippen LogP contribution in [0.5, 0.6) is 0 Å². The Bertz CT molecular complexity index is 813. The van der Waals surface area contributed by atoms with Crippen LogP contribution in [-0.2, 0) is 19.6 Å². The van der Waals surface area contributed by atoms with Gasteiger partial charge in [-0.2, -0.15) is 0 Å². The van der Waals surface area contributed by atoms with Crippen LogP contribution in [0.3, 0.4) is 0 Å². The van der Waals surface area contributed by atoms with E-state index in [-0.39, 0.29) is 23.0 Å². The Morgan fingerprint density at radius 2 is 1.71 bits per heavy atom. The molecule has 0 aliphatic carbocycles. The number of benzene rings is 1. The summed E-state index contributed by atoms with van der Waals surface area (Å²) in [7, 11) is -0.824. The molecule has 1 aromatic rings. The number of ether oxygens (including phenoxy) is 1. The topological polar surface area (TPSA) is 87.2 Å². The van der Waals surface area contributed by atoms with Gasteiger partial charge in [0.05, 0.1) is 16.1 Å². The van der Waals surface area contributed by atoms with Crippen molar-refractivity contribution in [3.8, 4) is 0 Å². The van der Waals surface area contributed by atoms with Crippen molar-refractivity contribution in [2.45, 2.75) is 31.6 Å². The zero-order chi connectivity index (χ0) is 20.9. The van der Waals surface area contributed by atoms with Gasteiger partial charge in [-0.25, -0.2) is 17.5 Å². The minimum atomic E-state index is -3.69. The second-order valence-electron chi connectivity index (χ2n) is 6.80. The molecule has 0 bridgehead atoms. The molecule has 8 nitrogen and oxygen atoms in total. The number of hydrogen-bond acceptors (Lipinski definition) is 6. The summed E-state index contributed by atoms with van der Waals surface area (Å²) in [6, 6.07) is 4.48. The lowest BCUT2D eigenvalue weighted by Crippen LogP contribution is -2.34. The first kappa shape index (κ1) is 22.2. The molecule has 1 fully saturated rings. The Kier molecular flexibility index (Phi) is 7.42. The van der Waals surface area contributed by atoms with E-state index in [0.717, 1.165) is 30.2 Å². The summed E-state index contributed by atoms with van der Waals surface area (Å²) in [4.78, 5) is 28.5. The van der Waals surface area contributed by atoms with Crippen LogP contribution >= 0.6 is 0 Å². The van der Waals surface area contributed by atoms with E-state index in [0.29, 0.717) is 18.8 Å². The fourth-order valence-corrected chi connectivity index (χ4v) is 4.08. The van der Waals surface area contributed by atoms with Crippen LogP contribution in [0.15, 0.2) is 23.1 Å². The highest BCUT2D eigenvalue weighted by atomic mass is 32.2. The number of amides is 1. The van der Waals surface area contributed by atoms with Crippen molar-refractivity contribution in [1.82, 2.24) is 9.21 Å². The van der Waals surface area contributed by atoms with E-state index < -0.39 is 16.0 Å². The van der Waals surface area contributed by atoms with Crippen molar-refractivity contribution in [1.29, 1.82) is 0 Å². The van der Waals surface area contributed by atoms with E-state index in [1.165, 1.54) is 26.2 Å². The minimum absolute atomic E-state index is 0.0162. The largest absolute Gasteiger partial charge is 0.452 e.